The minimum atomic E-state index is 2.00. The first kappa shape index (κ1) is 8.07. The summed E-state index contributed by atoms with van der Waals surface area (Å²) < 4.78 is 2.00. The van der Waals surface area contributed by atoms with Crippen LogP contribution in [0.25, 0.3) is 0 Å². The van der Waals surface area contributed by atoms with Crippen LogP contribution in [0, 0.1) is 0 Å². The highest BCUT2D eigenvalue weighted by Gasteiger charge is 1.78. The molecule has 0 bridgehead atoms. The third-order valence-electron chi connectivity index (χ3n) is 0.865. The van der Waals surface area contributed by atoms with E-state index in [4.69, 9.17) is 5.21 Å². The molecule has 0 amide bonds. The monoisotopic (exact) mass is 127 g/mol. The maximum absolute atomic E-state index is 6.50. The van der Waals surface area contributed by atoms with Crippen molar-refractivity contribution in [1.82, 2.24) is 0 Å². The predicted molar refractivity (Wildman–Crippen MR) is 33.6 cm³/mol. The highest BCUT2D eigenvalue weighted by atomic mass is 16.4. The van der Waals surface area contributed by atoms with Gasteiger partial charge in [-0.15, -0.1) is 0 Å². The third-order valence-corrected chi connectivity index (χ3v) is 0.865. The van der Waals surface area contributed by atoms with Gasteiger partial charge in [0, 0.05) is 12.1 Å². The van der Waals surface area contributed by atoms with E-state index in [0.717, 1.165) is 0 Å². The number of aromatic nitrogens is 1. The van der Waals surface area contributed by atoms with Gasteiger partial charge >= 0.3 is 0 Å². The number of hydrogen-bond donors (Lipinski definition) is 2. The number of nitrogens with two attached hydrogens (primary N) is 1. The van der Waals surface area contributed by atoms with E-state index in [2.05, 4.69) is 5.90 Å². The van der Waals surface area contributed by atoms with E-state index < -0.39 is 0 Å². The Morgan fingerprint density at radius 1 is 1.11 bits per heavy atom. The van der Waals surface area contributed by atoms with Crippen LogP contribution in [-0.4, -0.2) is 5.21 Å². The van der Waals surface area contributed by atoms with E-state index in [0.29, 0.717) is 0 Å². The smallest absolute Gasteiger partial charge is 0.168 e. The lowest BCUT2D eigenvalue weighted by molar-refractivity contribution is -0.671. The second kappa shape index (κ2) is 5.21. The fourth-order valence-corrected chi connectivity index (χ4v) is 0.485. The van der Waals surface area contributed by atoms with Crippen molar-refractivity contribution in [2.75, 3.05) is 0 Å². The normalized spacial score (nSPS) is 7.44. The summed E-state index contributed by atoms with van der Waals surface area (Å²) in [6.07, 6.45) is 4.00. The first-order valence-corrected chi connectivity index (χ1v) is 2.56. The van der Waals surface area contributed by atoms with Crippen molar-refractivity contribution in [2.45, 2.75) is 0 Å². The van der Waals surface area contributed by atoms with Crippen LogP contribution >= 0.6 is 0 Å². The van der Waals surface area contributed by atoms with Crippen LogP contribution in [0.15, 0.2) is 30.6 Å². The van der Waals surface area contributed by atoms with Crippen molar-refractivity contribution in [2.24, 2.45) is 12.9 Å². The topological polar surface area (TPSA) is 50.1 Å². The molecule has 0 radical (unpaired) electrons. The Balaban J connectivity index is 0.000000291. The van der Waals surface area contributed by atoms with E-state index in [1.54, 1.807) is 0 Å². The van der Waals surface area contributed by atoms with Gasteiger partial charge in [-0.25, -0.2) is 10.5 Å². The third kappa shape index (κ3) is 3.64. The molecule has 1 aromatic rings. The molecule has 0 fully saturated rings. The Morgan fingerprint density at radius 3 is 1.78 bits per heavy atom. The number of aryl methyl sites for hydroxylation is 1. The molecule has 0 aliphatic rings. The summed E-state index contributed by atoms with van der Waals surface area (Å²) in [7, 11) is 2.00. The van der Waals surface area contributed by atoms with E-state index in [1.165, 1.54) is 0 Å². The fraction of sp³-hybridized carbons (Fsp3) is 0.167. The summed E-state index contributed by atoms with van der Waals surface area (Å²) in [5.41, 5.74) is 0. The molecule has 0 unspecified atom stereocenters. The average molecular weight is 127 g/mol. The zero-order valence-corrected chi connectivity index (χ0v) is 5.36. The summed E-state index contributed by atoms with van der Waals surface area (Å²) in [6, 6.07) is 6.00. The predicted octanol–water partition coefficient (Wildman–Crippen LogP) is -0.155. The van der Waals surface area contributed by atoms with Gasteiger partial charge in [0.15, 0.2) is 12.4 Å². The van der Waals surface area contributed by atoms with Gasteiger partial charge in [-0.05, 0) is 0 Å². The largest absolute Gasteiger partial charge is 0.320 e. The van der Waals surface area contributed by atoms with Crippen LogP contribution in [0.3, 0.4) is 0 Å². The zero-order valence-electron chi connectivity index (χ0n) is 5.36. The average Bonchev–Trinajstić information content (AvgIpc) is 1.94. The Kier molecular flexibility index (Phi) is 4.67. The van der Waals surface area contributed by atoms with Crippen LogP contribution in [0.5, 0.6) is 0 Å². The Hall–Kier alpha value is -0.930. The van der Waals surface area contributed by atoms with E-state index >= 15 is 0 Å². The molecule has 0 saturated carbocycles. The zero-order chi connectivity index (χ0) is 7.11. The van der Waals surface area contributed by atoms with Gasteiger partial charge in [-0.2, -0.15) is 0 Å². The molecule has 50 valence electrons. The number of pyridine rings is 1. The molecule has 3 nitrogen and oxygen atoms in total. The second-order valence-electron chi connectivity index (χ2n) is 1.54. The summed E-state index contributed by atoms with van der Waals surface area (Å²) in [5.74, 6) is 3.50. The van der Waals surface area contributed by atoms with E-state index in [1.807, 2.05) is 42.2 Å². The van der Waals surface area contributed by atoms with Crippen molar-refractivity contribution in [3.63, 3.8) is 0 Å². The van der Waals surface area contributed by atoms with Gasteiger partial charge in [0.05, 0.1) is 0 Å². The lowest BCUT2D eigenvalue weighted by atomic mass is 10.5. The molecule has 1 aromatic heterocycles. The molecule has 3 N–H and O–H groups in total. The van der Waals surface area contributed by atoms with Crippen LogP contribution in [0.4, 0.5) is 0 Å². The lowest BCUT2D eigenvalue weighted by Crippen LogP contribution is -2.25. The fourth-order valence-electron chi connectivity index (χ4n) is 0.485. The highest BCUT2D eigenvalue weighted by Crippen LogP contribution is 1.71. The van der Waals surface area contributed by atoms with Crippen LogP contribution in [0.1, 0.15) is 0 Å². The van der Waals surface area contributed by atoms with Gasteiger partial charge in [0.25, 0.3) is 0 Å². The first-order chi connectivity index (χ1) is 4.39. The van der Waals surface area contributed by atoms with Crippen molar-refractivity contribution < 1.29 is 9.77 Å². The van der Waals surface area contributed by atoms with Crippen LogP contribution < -0.4 is 10.5 Å². The van der Waals surface area contributed by atoms with Gasteiger partial charge in [0.2, 0.25) is 0 Å². The maximum atomic E-state index is 6.50. The Labute approximate surface area is 54.3 Å². The SMILES string of the molecule is C[n+]1ccccc1.NO. The lowest BCUT2D eigenvalue weighted by Gasteiger charge is -1.77. The summed E-state index contributed by atoms with van der Waals surface area (Å²) in [4.78, 5) is 0. The molecule has 0 aliphatic heterocycles. The van der Waals surface area contributed by atoms with Gasteiger partial charge in [0.1, 0.15) is 7.05 Å². The molecule has 3 heteroatoms. The van der Waals surface area contributed by atoms with E-state index in [9.17, 15) is 0 Å². The highest BCUT2D eigenvalue weighted by molar-refractivity contribution is 4.83. The maximum Gasteiger partial charge on any atom is 0.168 e. The summed E-state index contributed by atoms with van der Waals surface area (Å²) in [6.45, 7) is 0. The quantitative estimate of drug-likeness (QED) is 0.376. The number of hydrogen-bond acceptors (Lipinski definition) is 2. The summed E-state index contributed by atoms with van der Waals surface area (Å²) >= 11 is 0. The molecule has 0 spiro atoms. The van der Waals surface area contributed by atoms with Crippen molar-refractivity contribution in [1.29, 1.82) is 0 Å². The first-order valence-electron chi connectivity index (χ1n) is 2.56. The molecule has 0 atom stereocenters. The minimum Gasteiger partial charge on any atom is -0.320 e. The molecule has 1 heterocycles. The molecule has 0 aliphatic carbocycles. The van der Waals surface area contributed by atoms with Gasteiger partial charge in [-0.1, -0.05) is 6.07 Å². The molecule has 0 saturated heterocycles. The summed E-state index contributed by atoms with van der Waals surface area (Å²) in [5, 5.41) is 6.50. The van der Waals surface area contributed by atoms with Crippen molar-refractivity contribution in [3.05, 3.63) is 30.6 Å². The molecule has 9 heavy (non-hydrogen) atoms. The Bertz CT molecular complexity index is 141. The molecule has 1 rings (SSSR count). The standard InChI is InChI=1S/C6H8N.H3NO/c1-7-5-3-2-4-6-7;1-2/h2-6H,1H3;2H,1H2/q+1;. The number of rotatable bonds is 0. The minimum absolute atomic E-state index is 2.00. The van der Waals surface area contributed by atoms with Crippen LogP contribution in [-0.2, 0) is 7.05 Å². The molecular weight excluding hydrogens is 116 g/mol. The van der Waals surface area contributed by atoms with E-state index in [-0.39, 0.29) is 0 Å². The number of nitrogens with zero attached hydrogens (tertiary/aromatic N) is 1. The van der Waals surface area contributed by atoms with Gasteiger partial charge in [-0.3, -0.25) is 0 Å². The molecular formula is C6H11N2O+. The second-order valence-corrected chi connectivity index (χ2v) is 1.54. The Morgan fingerprint density at radius 2 is 1.56 bits per heavy atom. The molecule has 0 aromatic carbocycles. The van der Waals surface area contributed by atoms with Gasteiger partial charge < -0.3 is 5.21 Å². The van der Waals surface area contributed by atoms with Crippen LogP contribution in [0.2, 0.25) is 0 Å². The van der Waals surface area contributed by atoms with Crippen molar-refractivity contribution >= 4 is 0 Å². The van der Waals surface area contributed by atoms with Crippen molar-refractivity contribution in [3.8, 4) is 0 Å².